The van der Waals surface area contributed by atoms with Gasteiger partial charge < -0.3 is 10.6 Å². The predicted molar refractivity (Wildman–Crippen MR) is 74.9 cm³/mol. The molecule has 0 atom stereocenters. The van der Waals surface area contributed by atoms with E-state index >= 15 is 0 Å². The van der Waals surface area contributed by atoms with Crippen LogP contribution in [0.5, 0.6) is 0 Å². The largest absolute Gasteiger partial charge is 0.367 e. The van der Waals surface area contributed by atoms with Crippen molar-refractivity contribution in [2.75, 3.05) is 28.7 Å². The summed E-state index contributed by atoms with van der Waals surface area (Å²) < 4.78 is 0. The molecule has 0 radical (unpaired) electrons. The summed E-state index contributed by atoms with van der Waals surface area (Å²) in [5.41, 5.74) is 1.12. The van der Waals surface area contributed by atoms with Gasteiger partial charge in [-0.2, -0.15) is 16.7 Å². The molecule has 1 fully saturated rings. The highest BCUT2D eigenvalue weighted by Gasteiger charge is 2.15. The predicted octanol–water partition coefficient (Wildman–Crippen LogP) is 2.52. The molecule has 2 heterocycles. The Morgan fingerprint density at radius 2 is 2.18 bits per heavy atom. The first kappa shape index (κ1) is 12.5. The van der Waals surface area contributed by atoms with Crippen molar-refractivity contribution in [3.05, 3.63) is 11.8 Å². The molecule has 2 N–H and O–H groups in total. The molecule has 0 spiro atoms. The lowest BCUT2D eigenvalue weighted by Gasteiger charge is -2.23. The number of thioether (sulfide) groups is 1. The monoisotopic (exact) mass is 252 g/mol. The Bertz CT molecular complexity index is 364. The van der Waals surface area contributed by atoms with E-state index in [2.05, 4.69) is 34.4 Å². The van der Waals surface area contributed by atoms with Crippen LogP contribution in [0.2, 0.25) is 0 Å². The summed E-state index contributed by atoms with van der Waals surface area (Å²) in [6.07, 6.45) is 4.33. The average Bonchev–Trinajstić information content (AvgIpc) is 2.35. The van der Waals surface area contributed by atoms with Gasteiger partial charge in [0.2, 0.25) is 5.95 Å². The molecule has 1 aliphatic heterocycles. The number of anilines is 2. The highest BCUT2D eigenvalue weighted by atomic mass is 32.2. The topological polar surface area (TPSA) is 49.8 Å². The number of rotatable bonds is 4. The van der Waals surface area contributed by atoms with Gasteiger partial charge in [-0.15, -0.1) is 0 Å². The van der Waals surface area contributed by atoms with E-state index in [1.807, 2.05) is 18.0 Å². The smallest absolute Gasteiger partial charge is 0.224 e. The molecule has 17 heavy (non-hydrogen) atoms. The minimum atomic E-state index is 0.569. The second-order valence-corrected chi connectivity index (χ2v) is 5.51. The molecular formula is C12H20N4S. The van der Waals surface area contributed by atoms with Gasteiger partial charge in [0.1, 0.15) is 5.82 Å². The van der Waals surface area contributed by atoms with Crippen LogP contribution in [0.25, 0.3) is 0 Å². The SMILES string of the molecule is CCNc1ncc(C)c(NC2CCSCC2)n1. The minimum absolute atomic E-state index is 0.569. The van der Waals surface area contributed by atoms with Gasteiger partial charge >= 0.3 is 0 Å². The molecule has 1 aliphatic rings. The van der Waals surface area contributed by atoms with Gasteiger partial charge in [0, 0.05) is 24.3 Å². The summed E-state index contributed by atoms with van der Waals surface area (Å²) in [7, 11) is 0. The van der Waals surface area contributed by atoms with Crippen molar-refractivity contribution in [3.63, 3.8) is 0 Å². The lowest BCUT2D eigenvalue weighted by molar-refractivity contribution is 0.662. The van der Waals surface area contributed by atoms with E-state index in [-0.39, 0.29) is 0 Å². The van der Waals surface area contributed by atoms with Crippen LogP contribution in [0.3, 0.4) is 0 Å². The first-order valence-electron chi connectivity index (χ1n) is 6.21. The number of aromatic nitrogens is 2. The number of nitrogens with one attached hydrogen (secondary N) is 2. The van der Waals surface area contributed by atoms with Crippen LogP contribution in [-0.2, 0) is 0 Å². The normalized spacial score (nSPS) is 16.8. The molecule has 0 unspecified atom stereocenters. The molecule has 0 aliphatic carbocycles. The fourth-order valence-electron chi connectivity index (χ4n) is 1.87. The zero-order valence-corrected chi connectivity index (χ0v) is 11.3. The van der Waals surface area contributed by atoms with Crippen LogP contribution in [0.15, 0.2) is 6.20 Å². The lowest BCUT2D eigenvalue weighted by atomic mass is 10.1. The van der Waals surface area contributed by atoms with E-state index < -0.39 is 0 Å². The second kappa shape index (κ2) is 6.10. The molecule has 5 heteroatoms. The van der Waals surface area contributed by atoms with Crippen molar-refractivity contribution in [2.45, 2.75) is 32.7 Å². The molecule has 0 aromatic carbocycles. The van der Waals surface area contributed by atoms with Gasteiger partial charge in [-0.25, -0.2) is 4.98 Å². The van der Waals surface area contributed by atoms with E-state index in [9.17, 15) is 0 Å². The Labute approximate surface area is 107 Å². The zero-order valence-electron chi connectivity index (χ0n) is 10.5. The third kappa shape index (κ3) is 3.49. The Kier molecular flexibility index (Phi) is 4.48. The molecule has 0 saturated carbocycles. The molecule has 94 valence electrons. The molecule has 0 bridgehead atoms. The van der Waals surface area contributed by atoms with Gasteiger partial charge in [0.05, 0.1) is 0 Å². The maximum atomic E-state index is 4.52. The molecule has 2 rings (SSSR count). The summed E-state index contributed by atoms with van der Waals surface area (Å²) in [5, 5.41) is 6.69. The van der Waals surface area contributed by atoms with Gasteiger partial charge in [0.25, 0.3) is 0 Å². The Balaban J connectivity index is 2.04. The molecular weight excluding hydrogens is 232 g/mol. The van der Waals surface area contributed by atoms with Crippen molar-refractivity contribution < 1.29 is 0 Å². The maximum Gasteiger partial charge on any atom is 0.224 e. The summed E-state index contributed by atoms with van der Waals surface area (Å²) >= 11 is 2.04. The summed E-state index contributed by atoms with van der Waals surface area (Å²) in [6.45, 7) is 4.95. The van der Waals surface area contributed by atoms with Crippen LogP contribution in [-0.4, -0.2) is 34.1 Å². The fourth-order valence-corrected chi connectivity index (χ4v) is 2.97. The Morgan fingerprint density at radius 1 is 1.41 bits per heavy atom. The molecule has 0 amide bonds. The van der Waals surface area contributed by atoms with E-state index in [1.54, 1.807) is 0 Å². The second-order valence-electron chi connectivity index (χ2n) is 4.29. The van der Waals surface area contributed by atoms with Crippen LogP contribution in [0.4, 0.5) is 11.8 Å². The molecule has 4 nitrogen and oxygen atoms in total. The summed E-state index contributed by atoms with van der Waals surface area (Å²) in [5.74, 6) is 4.20. The van der Waals surface area contributed by atoms with Gasteiger partial charge in [-0.05, 0) is 38.2 Å². The van der Waals surface area contributed by atoms with Crippen molar-refractivity contribution in [3.8, 4) is 0 Å². The minimum Gasteiger partial charge on any atom is -0.367 e. The van der Waals surface area contributed by atoms with Crippen LogP contribution >= 0.6 is 11.8 Å². The summed E-state index contributed by atoms with van der Waals surface area (Å²) in [4.78, 5) is 8.77. The van der Waals surface area contributed by atoms with Crippen LogP contribution < -0.4 is 10.6 Å². The van der Waals surface area contributed by atoms with E-state index in [0.29, 0.717) is 12.0 Å². The van der Waals surface area contributed by atoms with Crippen molar-refractivity contribution in [1.29, 1.82) is 0 Å². The third-order valence-electron chi connectivity index (χ3n) is 2.87. The van der Waals surface area contributed by atoms with E-state index in [0.717, 1.165) is 17.9 Å². The highest BCUT2D eigenvalue weighted by Crippen LogP contribution is 2.22. The molecule has 1 aromatic rings. The molecule has 1 aromatic heterocycles. The van der Waals surface area contributed by atoms with Gasteiger partial charge in [-0.3, -0.25) is 0 Å². The van der Waals surface area contributed by atoms with Crippen molar-refractivity contribution >= 4 is 23.5 Å². The van der Waals surface area contributed by atoms with Gasteiger partial charge in [-0.1, -0.05) is 0 Å². The van der Waals surface area contributed by atoms with Crippen molar-refractivity contribution in [1.82, 2.24) is 9.97 Å². The van der Waals surface area contributed by atoms with E-state index in [1.165, 1.54) is 24.3 Å². The number of aryl methyl sites for hydroxylation is 1. The van der Waals surface area contributed by atoms with Crippen LogP contribution in [0.1, 0.15) is 25.3 Å². The standard InChI is InChI=1S/C12H20N4S/c1-3-13-12-14-8-9(2)11(16-12)15-10-4-6-17-7-5-10/h8,10H,3-7H2,1-2H3,(H2,13,14,15,16). The number of hydrogen-bond donors (Lipinski definition) is 2. The maximum absolute atomic E-state index is 4.52. The fraction of sp³-hybridized carbons (Fsp3) is 0.667. The van der Waals surface area contributed by atoms with Crippen LogP contribution in [0, 0.1) is 6.92 Å². The highest BCUT2D eigenvalue weighted by molar-refractivity contribution is 7.99. The Hall–Kier alpha value is -0.970. The zero-order chi connectivity index (χ0) is 12.1. The summed E-state index contributed by atoms with van der Waals surface area (Å²) in [6, 6.07) is 0.569. The quantitative estimate of drug-likeness (QED) is 0.862. The number of hydrogen-bond acceptors (Lipinski definition) is 5. The van der Waals surface area contributed by atoms with E-state index in [4.69, 9.17) is 0 Å². The van der Waals surface area contributed by atoms with Crippen molar-refractivity contribution in [2.24, 2.45) is 0 Å². The average molecular weight is 252 g/mol. The lowest BCUT2D eigenvalue weighted by Crippen LogP contribution is -2.25. The van der Waals surface area contributed by atoms with Gasteiger partial charge in [0.15, 0.2) is 0 Å². The molecule has 1 saturated heterocycles. The Morgan fingerprint density at radius 3 is 2.88 bits per heavy atom. The number of nitrogens with zero attached hydrogens (tertiary/aromatic N) is 2. The first-order valence-corrected chi connectivity index (χ1v) is 7.37. The third-order valence-corrected chi connectivity index (χ3v) is 3.92. The first-order chi connectivity index (χ1) is 8.29.